The lowest BCUT2D eigenvalue weighted by atomic mass is 10.00. The predicted molar refractivity (Wildman–Crippen MR) is 92.3 cm³/mol. The molecule has 0 atom stereocenters. The number of hydrogen-bond donors (Lipinski definition) is 2. The van der Waals surface area contributed by atoms with Crippen LogP contribution in [0.1, 0.15) is 16.1 Å². The maximum absolute atomic E-state index is 13.8. The summed E-state index contributed by atoms with van der Waals surface area (Å²) < 4.78 is 64.6. The van der Waals surface area contributed by atoms with E-state index in [-0.39, 0.29) is 21.7 Å². The molecule has 0 saturated carbocycles. The molecule has 0 unspecified atom stereocenters. The van der Waals surface area contributed by atoms with Gasteiger partial charge in [-0.1, -0.05) is 18.2 Å². The molecule has 28 heavy (non-hydrogen) atoms. The number of carboxylic acids is 1. The zero-order valence-corrected chi connectivity index (χ0v) is 14.7. The predicted octanol–water partition coefficient (Wildman–Crippen LogP) is 2.90. The third-order valence-corrected chi connectivity index (χ3v) is 4.82. The van der Waals surface area contributed by atoms with E-state index in [1.165, 1.54) is 24.3 Å². The molecule has 0 aliphatic carbocycles. The molecule has 0 saturated heterocycles. The Labute approximate surface area is 156 Å². The van der Waals surface area contributed by atoms with Gasteiger partial charge in [0.25, 0.3) is 0 Å². The van der Waals surface area contributed by atoms with Crippen molar-refractivity contribution in [3.05, 3.63) is 66.0 Å². The number of sulfonamides is 1. The smallest absolute Gasteiger partial charge is 0.434 e. The first-order valence-electron chi connectivity index (χ1n) is 7.61. The second kappa shape index (κ2) is 6.77. The molecule has 0 aliphatic heterocycles. The van der Waals surface area contributed by atoms with E-state index in [1.54, 1.807) is 0 Å². The van der Waals surface area contributed by atoms with Crippen LogP contribution < -0.4 is 5.14 Å². The highest BCUT2D eigenvalue weighted by Gasteiger charge is 2.39. The Bertz CT molecular complexity index is 1150. The minimum absolute atomic E-state index is 0.0706. The van der Waals surface area contributed by atoms with Gasteiger partial charge in [-0.15, -0.1) is 0 Å². The molecule has 0 radical (unpaired) electrons. The normalized spacial score (nSPS) is 12.1. The number of primary sulfonamides is 1. The van der Waals surface area contributed by atoms with Crippen LogP contribution in [0, 0.1) is 0 Å². The van der Waals surface area contributed by atoms with E-state index in [0.717, 1.165) is 30.5 Å². The van der Waals surface area contributed by atoms with E-state index in [0.29, 0.717) is 4.68 Å². The molecule has 3 N–H and O–H groups in total. The van der Waals surface area contributed by atoms with Crippen molar-refractivity contribution in [2.45, 2.75) is 11.1 Å². The van der Waals surface area contributed by atoms with Gasteiger partial charge in [0.05, 0.1) is 22.3 Å². The molecule has 1 aromatic heterocycles. The summed E-state index contributed by atoms with van der Waals surface area (Å²) in [4.78, 5) is 11.1. The van der Waals surface area contributed by atoms with Crippen LogP contribution in [0.15, 0.2) is 59.6 Å². The molecule has 0 aliphatic rings. The van der Waals surface area contributed by atoms with E-state index in [4.69, 9.17) is 5.14 Å². The number of carbonyl (C=O) groups is 1. The van der Waals surface area contributed by atoms with Crippen molar-refractivity contribution in [2.24, 2.45) is 5.14 Å². The number of rotatable bonds is 4. The Morgan fingerprint density at radius 3 is 2.18 bits per heavy atom. The summed E-state index contributed by atoms with van der Waals surface area (Å²) >= 11 is 0. The minimum Gasteiger partial charge on any atom is -0.478 e. The Hall–Kier alpha value is -3.18. The molecule has 0 fully saturated rings. The maximum Gasteiger partial charge on any atom is 0.434 e. The number of alkyl halides is 3. The summed E-state index contributed by atoms with van der Waals surface area (Å²) in [6.07, 6.45) is -3.95. The van der Waals surface area contributed by atoms with Crippen molar-refractivity contribution in [1.29, 1.82) is 0 Å². The molecule has 7 nitrogen and oxygen atoms in total. The highest BCUT2D eigenvalue weighted by molar-refractivity contribution is 7.89. The summed E-state index contributed by atoms with van der Waals surface area (Å²) in [7, 11) is -4.01. The van der Waals surface area contributed by atoms with Crippen molar-refractivity contribution in [3.63, 3.8) is 0 Å². The number of hydrogen-bond acceptors (Lipinski definition) is 4. The molecule has 0 amide bonds. The zero-order chi connectivity index (χ0) is 20.7. The monoisotopic (exact) mass is 411 g/mol. The van der Waals surface area contributed by atoms with Crippen LogP contribution in [0.3, 0.4) is 0 Å². The van der Waals surface area contributed by atoms with Gasteiger partial charge in [-0.2, -0.15) is 18.3 Å². The molecule has 146 valence electrons. The van der Waals surface area contributed by atoms with E-state index in [9.17, 15) is 31.5 Å². The third kappa shape index (κ3) is 3.62. The van der Waals surface area contributed by atoms with Crippen molar-refractivity contribution in [1.82, 2.24) is 9.78 Å². The van der Waals surface area contributed by atoms with Gasteiger partial charge < -0.3 is 5.11 Å². The molecule has 1 heterocycles. The maximum atomic E-state index is 13.8. The summed E-state index contributed by atoms with van der Waals surface area (Å²) in [6.45, 7) is 0. The van der Waals surface area contributed by atoms with E-state index < -0.39 is 33.4 Å². The molecule has 3 aromatic rings. The number of nitrogens with two attached hydrogens (primary N) is 1. The lowest BCUT2D eigenvalue weighted by Crippen LogP contribution is -2.16. The molecular weight excluding hydrogens is 399 g/mol. The van der Waals surface area contributed by atoms with Gasteiger partial charge >= 0.3 is 12.1 Å². The summed E-state index contributed by atoms with van der Waals surface area (Å²) in [5.74, 6) is -1.38. The zero-order valence-electron chi connectivity index (χ0n) is 13.9. The van der Waals surface area contributed by atoms with Crippen molar-refractivity contribution in [3.8, 4) is 16.8 Å². The summed E-state index contributed by atoms with van der Waals surface area (Å²) in [6, 6.07) is 9.61. The molecular formula is C17H12F3N3O4S. The second-order valence-corrected chi connectivity index (χ2v) is 7.27. The van der Waals surface area contributed by atoms with Gasteiger partial charge in [0.1, 0.15) is 0 Å². The van der Waals surface area contributed by atoms with Crippen molar-refractivity contribution < 1.29 is 31.5 Å². The van der Waals surface area contributed by atoms with Gasteiger partial charge in [-0.25, -0.2) is 23.0 Å². The standard InChI is InChI=1S/C17H12F3N3O4S/c18-17(19,20)15-14(12-3-1-2-4-13(12)16(24)25)9-22-23(15)10-5-7-11(8-6-10)28(21,26)27/h1-9H,(H,24,25)(H2,21,26,27). The van der Waals surface area contributed by atoms with Crippen molar-refractivity contribution in [2.75, 3.05) is 0 Å². The van der Waals surface area contributed by atoms with Crippen LogP contribution in [0.4, 0.5) is 13.2 Å². The second-order valence-electron chi connectivity index (χ2n) is 5.71. The highest BCUT2D eigenvalue weighted by Crippen LogP contribution is 2.39. The molecule has 11 heteroatoms. The molecule has 0 bridgehead atoms. The fourth-order valence-corrected chi connectivity index (χ4v) is 3.21. The lowest BCUT2D eigenvalue weighted by molar-refractivity contribution is -0.142. The van der Waals surface area contributed by atoms with Gasteiger partial charge in [0.2, 0.25) is 10.0 Å². The fourth-order valence-electron chi connectivity index (χ4n) is 2.70. The number of carboxylic acid groups (broad SMARTS) is 1. The number of benzene rings is 2. The van der Waals surface area contributed by atoms with Gasteiger partial charge in [-0.3, -0.25) is 0 Å². The van der Waals surface area contributed by atoms with E-state index in [1.807, 2.05) is 0 Å². The van der Waals surface area contributed by atoms with Crippen LogP contribution in [0.25, 0.3) is 16.8 Å². The van der Waals surface area contributed by atoms with Crippen LogP contribution >= 0.6 is 0 Å². The molecule has 3 rings (SSSR count). The first-order valence-corrected chi connectivity index (χ1v) is 9.16. The number of halogens is 3. The van der Waals surface area contributed by atoms with Crippen LogP contribution in [0.2, 0.25) is 0 Å². The largest absolute Gasteiger partial charge is 0.478 e. The summed E-state index contributed by atoms with van der Waals surface area (Å²) in [5, 5.41) is 18.0. The average molecular weight is 411 g/mol. The van der Waals surface area contributed by atoms with E-state index in [2.05, 4.69) is 5.10 Å². The van der Waals surface area contributed by atoms with E-state index >= 15 is 0 Å². The number of nitrogens with zero attached hydrogens (tertiary/aromatic N) is 2. The Balaban J connectivity index is 2.23. The lowest BCUT2D eigenvalue weighted by Gasteiger charge is -2.14. The first-order chi connectivity index (χ1) is 13.0. The number of aromatic nitrogens is 2. The van der Waals surface area contributed by atoms with Gasteiger partial charge in [0, 0.05) is 5.56 Å². The third-order valence-electron chi connectivity index (χ3n) is 3.90. The first kappa shape index (κ1) is 19.6. The fraction of sp³-hybridized carbons (Fsp3) is 0.0588. The van der Waals surface area contributed by atoms with Gasteiger partial charge in [-0.05, 0) is 35.9 Å². The van der Waals surface area contributed by atoms with Crippen LogP contribution in [-0.4, -0.2) is 29.3 Å². The quantitative estimate of drug-likeness (QED) is 0.685. The van der Waals surface area contributed by atoms with Crippen molar-refractivity contribution >= 4 is 16.0 Å². The SMILES string of the molecule is NS(=O)(=O)c1ccc(-n2ncc(-c3ccccc3C(=O)O)c2C(F)(F)F)cc1. The Kier molecular flexibility index (Phi) is 4.73. The van der Waals surface area contributed by atoms with Gasteiger partial charge in [0.15, 0.2) is 5.69 Å². The Morgan fingerprint density at radius 1 is 1.04 bits per heavy atom. The summed E-state index contributed by atoms with van der Waals surface area (Å²) in [5.41, 5.74) is -2.13. The topological polar surface area (TPSA) is 115 Å². The molecule has 2 aromatic carbocycles. The van der Waals surface area contributed by atoms with Crippen LogP contribution in [0.5, 0.6) is 0 Å². The highest BCUT2D eigenvalue weighted by atomic mass is 32.2. The van der Waals surface area contributed by atoms with Crippen LogP contribution in [-0.2, 0) is 16.2 Å². The number of aromatic carboxylic acids is 1. The minimum atomic E-state index is -4.87. The average Bonchev–Trinajstić information content (AvgIpc) is 3.06. The molecule has 0 spiro atoms. The Morgan fingerprint density at radius 2 is 1.64 bits per heavy atom.